The van der Waals surface area contributed by atoms with Gasteiger partial charge < -0.3 is 15.4 Å². The summed E-state index contributed by atoms with van der Waals surface area (Å²) in [5.41, 5.74) is 6.85. The Morgan fingerprint density at radius 2 is 2.10 bits per heavy atom. The fraction of sp³-hybridized carbons (Fsp3) is 0.500. The van der Waals surface area contributed by atoms with E-state index < -0.39 is 0 Å². The summed E-state index contributed by atoms with van der Waals surface area (Å²) < 4.78 is 4.73. The number of ether oxygens (including phenoxy) is 1. The quantitative estimate of drug-likeness (QED) is 0.818. The van der Waals surface area contributed by atoms with E-state index in [4.69, 9.17) is 10.5 Å². The van der Waals surface area contributed by atoms with Gasteiger partial charge in [0.25, 0.3) is 0 Å². The lowest BCUT2D eigenvalue weighted by atomic mass is 9.97. The first kappa shape index (κ1) is 14.3. The van der Waals surface area contributed by atoms with Gasteiger partial charge in [0.05, 0.1) is 31.3 Å². The third kappa shape index (κ3) is 3.46. The van der Waals surface area contributed by atoms with Crippen molar-refractivity contribution in [2.45, 2.75) is 19.3 Å². The van der Waals surface area contributed by atoms with Crippen LogP contribution in [0.15, 0.2) is 18.3 Å². The Kier molecular flexibility index (Phi) is 4.55. The number of likely N-dealkylation sites (tertiary alicyclic amines) is 1. The second-order valence-corrected chi connectivity index (χ2v) is 4.94. The predicted octanol–water partition coefficient (Wildman–Crippen LogP) is 0.618. The maximum atomic E-state index is 12.1. The number of carbonyl (C=O) groups is 2. The highest BCUT2D eigenvalue weighted by atomic mass is 16.5. The van der Waals surface area contributed by atoms with Crippen LogP contribution < -0.4 is 5.73 Å². The van der Waals surface area contributed by atoms with E-state index in [1.54, 1.807) is 23.2 Å². The number of rotatable bonds is 3. The molecule has 2 heterocycles. The van der Waals surface area contributed by atoms with E-state index in [9.17, 15) is 9.59 Å². The van der Waals surface area contributed by atoms with Gasteiger partial charge in [-0.15, -0.1) is 0 Å². The smallest absolute Gasteiger partial charge is 0.308 e. The summed E-state index contributed by atoms with van der Waals surface area (Å²) in [6.07, 6.45) is 3.14. The average Bonchev–Trinajstić information content (AvgIpc) is 2.49. The number of nitrogen functional groups attached to an aromatic ring is 1. The maximum Gasteiger partial charge on any atom is 0.308 e. The van der Waals surface area contributed by atoms with Crippen molar-refractivity contribution in [2.24, 2.45) is 5.92 Å². The van der Waals surface area contributed by atoms with Crippen molar-refractivity contribution < 1.29 is 14.3 Å². The van der Waals surface area contributed by atoms with Crippen molar-refractivity contribution in [1.82, 2.24) is 9.88 Å². The van der Waals surface area contributed by atoms with Crippen LogP contribution >= 0.6 is 0 Å². The number of carbonyl (C=O) groups excluding carboxylic acids is 2. The molecule has 1 aliphatic heterocycles. The Morgan fingerprint density at radius 3 is 2.65 bits per heavy atom. The van der Waals surface area contributed by atoms with Gasteiger partial charge in [0.2, 0.25) is 5.91 Å². The molecule has 0 bridgehead atoms. The SMILES string of the molecule is COC(=O)C1CCN(C(=O)Cc2ccc(N)cn2)CC1. The molecule has 0 saturated carbocycles. The van der Waals surface area contributed by atoms with Crippen molar-refractivity contribution in [3.05, 3.63) is 24.0 Å². The standard InChI is InChI=1S/C14H19N3O3/c1-20-14(19)10-4-6-17(7-5-10)13(18)8-12-3-2-11(15)9-16-12/h2-3,9-10H,4-8,15H2,1H3. The van der Waals surface area contributed by atoms with Gasteiger partial charge in [-0.25, -0.2) is 0 Å². The van der Waals surface area contributed by atoms with E-state index >= 15 is 0 Å². The molecule has 0 unspecified atom stereocenters. The zero-order valence-electron chi connectivity index (χ0n) is 11.5. The van der Waals surface area contributed by atoms with Crippen LogP contribution in [0.4, 0.5) is 5.69 Å². The third-order valence-corrected chi connectivity index (χ3v) is 3.56. The highest BCUT2D eigenvalue weighted by Crippen LogP contribution is 2.19. The number of amides is 1. The number of nitrogens with two attached hydrogens (primary N) is 1. The fourth-order valence-electron chi connectivity index (χ4n) is 2.34. The molecule has 108 valence electrons. The first-order valence-corrected chi connectivity index (χ1v) is 6.66. The molecule has 1 saturated heterocycles. The van der Waals surface area contributed by atoms with Gasteiger partial charge in [-0.05, 0) is 25.0 Å². The number of pyridine rings is 1. The Bertz CT molecular complexity index is 479. The number of nitrogens with zero attached hydrogens (tertiary/aromatic N) is 2. The largest absolute Gasteiger partial charge is 0.469 e. The highest BCUT2D eigenvalue weighted by Gasteiger charge is 2.27. The third-order valence-electron chi connectivity index (χ3n) is 3.56. The Morgan fingerprint density at radius 1 is 1.40 bits per heavy atom. The topological polar surface area (TPSA) is 85.5 Å². The van der Waals surface area contributed by atoms with Crippen LogP contribution in [0.5, 0.6) is 0 Å². The number of aromatic nitrogens is 1. The molecule has 6 heteroatoms. The van der Waals surface area contributed by atoms with E-state index in [-0.39, 0.29) is 24.2 Å². The molecule has 0 aliphatic carbocycles. The molecule has 2 rings (SSSR count). The molecule has 1 aromatic heterocycles. The summed E-state index contributed by atoms with van der Waals surface area (Å²) in [6.45, 7) is 1.18. The monoisotopic (exact) mass is 277 g/mol. The zero-order valence-corrected chi connectivity index (χ0v) is 11.5. The van der Waals surface area contributed by atoms with Gasteiger partial charge in [-0.1, -0.05) is 0 Å². The van der Waals surface area contributed by atoms with E-state index in [0.717, 1.165) is 0 Å². The first-order valence-electron chi connectivity index (χ1n) is 6.66. The summed E-state index contributed by atoms with van der Waals surface area (Å²) in [4.78, 5) is 29.5. The minimum Gasteiger partial charge on any atom is -0.469 e. The minimum absolute atomic E-state index is 0.0330. The number of esters is 1. The van der Waals surface area contributed by atoms with Crippen molar-refractivity contribution in [2.75, 3.05) is 25.9 Å². The lowest BCUT2D eigenvalue weighted by molar-refractivity contribution is -0.148. The summed E-state index contributed by atoms with van der Waals surface area (Å²) in [6, 6.07) is 3.49. The highest BCUT2D eigenvalue weighted by molar-refractivity contribution is 5.79. The van der Waals surface area contributed by atoms with Gasteiger partial charge in [-0.2, -0.15) is 0 Å². The van der Waals surface area contributed by atoms with E-state index in [0.29, 0.717) is 37.3 Å². The molecule has 1 aliphatic rings. The van der Waals surface area contributed by atoms with Gasteiger partial charge in [-0.3, -0.25) is 14.6 Å². The predicted molar refractivity (Wildman–Crippen MR) is 73.7 cm³/mol. The molecule has 6 nitrogen and oxygen atoms in total. The Labute approximate surface area is 117 Å². The van der Waals surface area contributed by atoms with Crippen LogP contribution in [0.25, 0.3) is 0 Å². The lowest BCUT2D eigenvalue weighted by Gasteiger charge is -2.30. The normalized spacial score (nSPS) is 15.9. The fourth-order valence-corrected chi connectivity index (χ4v) is 2.34. The zero-order chi connectivity index (χ0) is 14.5. The number of piperidine rings is 1. The van der Waals surface area contributed by atoms with Gasteiger partial charge >= 0.3 is 5.97 Å². The molecular weight excluding hydrogens is 258 g/mol. The number of hydrogen-bond acceptors (Lipinski definition) is 5. The average molecular weight is 277 g/mol. The summed E-state index contributed by atoms with van der Waals surface area (Å²) in [5.74, 6) is -0.235. The Hall–Kier alpha value is -2.11. The van der Waals surface area contributed by atoms with Gasteiger partial charge in [0, 0.05) is 18.8 Å². The summed E-state index contributed by atoms with van der Waals surface area (Å²) >= 11 is 0. The molecule has 0 aromatic carbocycles. The van der Waals surface area contributed by atoms with Gasteiger partial charge in [0.15, 0.2) is 0 Å². The van der Waals surface area contributed by atoms with E-state index in [2.05, 4.69) is 4.98 Å². The summed E-state index contributed by atoms with van der Waals surface area (Å²) in [7, 11) is 1.40. The molecule has 0 atom stereocenters. The molecular formula is C14H19N3O3. The minimum atomic E-state index is -0.183. The number of hydrogen-bond donors (Lipinski definition) is 1. The molecule has 0 spiro atoms. The molecule has 1 aromatic rings. The van der Waals surface area contributed by atoms with Crippen molar-refractivity contribution in [3.63, 3.8) is 0 Å². The van der Waals surface area contributed by atoms with Gasteiger partial charge in [0.1, 0.15) is 0 Å². The molecule has 0 radical (unpaired) electrons. The number of anilines is 1. The van der Waals surface area contributed by atoms with Crippen molar-refractivity contribution >= 4 is 17.6 Å². The van der Waals surface area contributed by atoms with Crippen LogP contribution in [0.3, 0.4) is 0 Å². The van der Waals surface area contributed by atoms with E-state index in [1.165, 1.54) is 7.11 Å². The molecule has 20 heavy (non-hydrogen) atoms. The van der Waals surface area contributed by atoms with Crippen molar-refractivity contribution in [3.8, 4) is 0 Å². The Balaban J connectivity index is 1.85. The van der Waals surface area contributed by atoms with E-state index in [1.807, 2.05) is 0 Å². The summed E-state index contributed by atoms with van der Waals surface area (Å²) in [5, 5.41) is 0. The lowest BCUT2D eigenvalue weighted by Crippen LogP contribution is -2.41. The van der Waals surface area contributed by atoms with Crippen LogP contribution in [-0.2, 0) is 20.7 Å². The second kappa shape index (κ2) is 6.36. The van der Waals surface area contributed by atoms with Crippen LogP contribution in [0.2, 0.25) is 0 Å². The number of methoxy groups -OCH3 is 1. The molecule has 1 amide bonds. The van der Waals surface area contributed by atoms with Crippen LogP contribution in [0, 0.1) is 5.92 Å². The molecule has 1 fully saturated rings. The van der Waals surface area contributed by atoms with Crippen LogP contribution in [-0.4, -0.2) is 42.0 Å². The molecule has 2 N–H and O–H groups in total. The van der Waals surface area contributed by atoms with Crippen LogP contribution in [0.1, 0.15) is 18.5 Å². The second-order valence-electron chi connectivity index (χ2n) is 4.94. The first-order chi connectivity index (χ1) is 9.60. The maximum absolute atomic E-state index is 12.1. The van der Waals surface area contributed by atoms with Crippen molar-refractivity contribution in [1.29, 1.82) is 0 Å².